The number of carbonyl (C=O) groups is 1. The molecule has 94 valence electrons. The molecule has 1 aliphatic heterocycles. The quantitative estimate of drug-likeness (QED) is 0.792. The number of amides is 1. The number of hydrogen-bond acceptors (Lipinski definition) is 1. The van der Waals surface area contributed by atoms with Gasteiger partial charge >= 0.3 is 0 Å². The minimum atomic E-state index is 0.249. The molecule has 1 saturated heterocycles. The molecule has 0 radical (unpaired) electrons. The fraction of sp³-hybridized carbons (Fsp3) is 0.400. The van der Waals surface area contributed by atoms with Crippen molar-refractivity contribution in [1.29, 1.82) is 0 Å². The summed E-state index contributed by atoms with van der Waals surface area (Å²) in [6.45, 7) is 5.19. The van der Waals surface area contributed by atoms with Crippen LogP contribution in [0, 0.1) is 0 Å². The molecule has 0 spiro atoms. The van der Waals surface area contributed by atoms with Crippen molar-refractivity contribution in [1.82, 2.24) is 4.57 Å². The van der Waals surface area contributed by atoms with E-state index in [0.29, 0.717) is 12.5 Å². The molecular formula is C15H18N2O. The molecule has 1 aliphatic rings. The van der Waals surface area contributed by atoms with Gasteiger partial charge in [-0.2, -0.15) is 0 Å². The molecule has 1 aromatic heterocycles. The number of rotatable bonds is 2. The lowest BCUT2D eigenvalue weighted by atomic mass is 10.2. The van der Waals surface area contributed by atoms with Crippen molar-refractivity contribution < 1.29 is 4.79 Å². The summed E-state index contributed by atoms with van der Waals surface area (Å²) in [6.07, 6.45) is 3.76. The molecule has 0 atom stereocenters. The van der Waals surface area contributed by atoms with E-state index in [1.54, 1.807) is 0 Å². The Morgan fingerprint density at radius 2 is 2.06 bits per heavy atom. The predicted molar refractivity (Wildman–Crippen MR) is 73.9 cm³/mol. The van der Waals surface area contributed by atoms with E-state index in [9.17, 15) is 4.79 Å². The summed E-state index contributed by atoms with van der Waals surface area (Å²) in [6, 6.07) is 8.73. The zero-order valence-corrected chi connectivity index (χ0v) is 10.9. The van der Waals surface area contributed by atoms with Crippen LogP contribution in [0.15, 0.2) is 30.5 Å². The Morgan fingerprint density at radius 3 is 2.72 bits per heavy atom. The van der Waals surface area contributed by atoms with Crippen molar-refractivity contribution in [3.63, 3.8) is 0 Å². The molecule has 0 saturated carbocycles. The minimum Gasteiger partial charge on any atom is -0.343 e. The maximum atomic E-state index is 11.9. The van der Waals surface area contributed by atoms with Gasteiger partial charge in [0, 0.05) is 30.6 Å². The second-order valence-corrected chi connectivity index (χ2v) is 5.18. The van der Waals surface area contributed by atoms with Crippen LogP contribution in [-0.4, -0.2) is 17.0 Å². The molecule has 18 heavy (non-hydrogen) atoms. The first kappa shape index (κ1) is 11.3. The maximum absolute atomic E-state index is 11.9. The van der Waals surface area contributed by atoms with E-state index < -0.39 is 0 Å². The van der Waals surface area contributed by atoms with E-state index in [2.05, 4.69) is 42.8 Å². The topological polar surface area (TPSA) is 25.2 Å². The highest BCUT2D eigenvalue weighted by Crippen LogP contribution is 2.32. The van der Waals surface area contributed by atoms with Crippen LogP contribution in [0.4, 0.5) is 5.69 Å². The Bertz CT molecular complexity index is 598. The van der Waals surface area contributed by atoms with Crippen LogP contribution in [0.5, 0.6) is 0 Å². The van der Waals surface area contributed by atoms with Crippen LogP contribution in [0.3, 0.4) is 0 Å². The number of carbonyl (C=O) groups excluding carboxylic acids is 1. The van der Waals surface area contributed by atoms with Crippen molar-refractivity contribution in [2.24, 2.45) is 0 Å². The number of nitrogens with zero attached hydrogens (tertiary/aromatic N) is 2. The smallest absolute Gasteiger partial charge is 0.227 e. The summed E-state index contributed by atoms with van der Waals surface area (Å²) < 4.78 is 2.25. The lowest BCUT2D eigenvalue weighted by Crippen LogP contribution is -2.24. The molecule has 0 N–H and O–H groups in total. The van der Waals surface area contributed by atoms with Crippen LogP contribution in [0.25, 0.3) is 10.9 Å². The Morgan fingerprint density at radius 1 is 1.22 bits per heavy atom. The first-order chi connectivity index (χ1) is 8.68. The van der Waals surface area contributed by atoms with Crippen molar-refractivity contribution in [3.8, 4) is 0 Å². The van der Waals surface area contributed by atoms with E-state index in [0.717, 1.165) is 18.7 Å². The number of anilines is 1. The van der Waals surface area contributed by atoms with Crippen molar-refractivity contribution in [2.75, 3.05) is 11.4 Å². The van der Waals surface area contributed by atoms with Crippen LogP contribution >= 0.6 is 0 Å². The lowest BCUT2D eigenvalue weighted by Gasteiger charge is -2.20. The van der Waals surface area contributed by atoms with Gasteiger partial charge in [0.2, 0.25) is 5.91 Å². The van der Waals surface area contributed by atoms with Crippen LogP contribution < -0.4 is 4.90 Å². The molecule has 0 bridgehead atoms. The normalized spacial score (nSPS) is 16.2. The molecule has 3 nitrogen and oxygen atoms in total. The predicted octanol–water partition coefficient (Wildman–Crippen LogP) is 3.35. The third-order valence-corrected chi connectivity index (χ3v) is 3.64. The van der Waals surface area contributed by atoms with Crippen molar-refractivity contribution in [3.05, 3.63) is 30.5 Å². The lowest BCUT2D eigenvalue weighted by molar-refractivity contribution is -0.117. The van der Waals surface area contributed by atoms with E-state index in [1.165, 1.54) is 10.9 Å². The third-order valence-electron chi connectivity index (χ3n) is 3.64. The summed E-state index contributed by atoms with van der Waals surface area (Å²) in [4.78, 5) is 13.9. The van der Waals surface area contributed by atoms with E-state index in [1.807, 2.05) is 11.0 Å². The number of benzene rings is 1. The fourth-order valence-corrected chi connectivity index (χ4v) is 2.75. The van der Waals surface area contributed by atoms with Crippen LogP contribution in [0.1, 0.15) is 32.7 Å². The Hall–Kier alpha value is -1.77. The van der Waals surface area contributed by atoms with E-state index >= 15 is 0 Å². The average molecular weight is 242 g/mol. The van der Waals surface area contributed by atoms with Gasteiger partial charge in [0.15, 0.2) is 0 Å². The van der Waals surface area contributed by atoms with E-state index in [-0.39, 0.29) is 5.91 Å². The first-order valence-corrected chi connectivity index (χ1v) is 6.58. The maximum Gasteiger partial charge on any atom is 0.227 e. The molecule has 0 unspecified atom stereocenters. The summed E-state index contributed by atoms with van der Waals surface area (Å²) in [5, 5.41) is 1.21. The highest BCUT2D eigenvalue weighted by atomic mass is 16.2. The van der Waals surface area contributed by atoms with E-state index in [4.69, 9.17) is 0 Å². The van der Waals surface area contributed by atoms with Gasteiger partial charge in [0.05, 0.1) is 11.2 Å². The molecule has 3 rings (SSSR count). The molecule has 2 heterocycles. The van der Waals surface area contributed by atoms with Gasteiger partial charge < -0.3 is 9.47 Å². The molecule has 2 aromatic rings. The van der Waals surface area contributed by atoms with Crippen LogP contribution in [0.2, 0.25) is 0 Å². The average Bonchev–Trinajstić information content (AvgIpc) is 2.94. The standard InChI is InChI=1S/C15H18N2O/c1-11(2)16-10-8-12-5-3-6-13(15(12)16)17-9-4-7-14(17)18/h3,5-6,8,10-11H,4,7,9H2,1-2H3. The largest absolute Gasteiger partial charge is 0.343 e. The summed E-state index contributed by atoms with van der Waals surface area (Å²) >= 11 is 0. The van der Waals surface area contributed by atoms with Crippen molar-refractivity contribution in [2.45, 2.75) is 32.7 Å². The molecular weight excluding hydrogens is 224 g/mol. The summed E-state index contributed by atoms with van der Waals surface area (Å²) in [7, 11) is 0. The SMILES string of the molecule is CC(C)n1ccc2cccc(N3CCCC3=O)c21. The number of para-hydroxylation sites is 1. The number of fused-ring (bicyclic) bond motifs is 1. The Labute approximate surface area is 107 Å². The van der Waals surface area contributed by atoms with Gasteiger partial charge in [-0.15, -0.1) is 0 Å². The van der Waals surface area contributed by atoms with Gasteiger partial charge in [-0.1, -0.05) is 12.1 Å². The first-order valence-electron chi connectivity index (χ1n) is 6.58. The zero-order chi connectivity index (χ0) is 12.7. The highest BCUT2D eigenvalue weighted by Gasteiger charge is 2.24. The van der Waals surface area contributed by atoms with Gasteiger partial charge in [-0.05, 0) is 32.4 Å². The molecule has 1 amide bonds. The van der Waals surface area contributed by atoms with Gasteiger partial charge in [-0.25, -0.2) is 0 Å². The van der Waals surface area contributed by atoms with Gasteiger partial charge in [0.25, 0.3) is 0 Å². The molecule has 1 fully saturated rings. The molecule has 3 heteroatoms. The second-order valence-electron chi connectivity index (χ2n) is 5.18. The molecule has 0 aliphatic carbocycles. The summed E-state index contributed by atoms with van der Waals surface area (Å²) in [5.41, 5.74) is 2.25. The number of aromatic nitrogens is 1. The third kappa shape index (κ3) is 1.62. The summed E-state index contributed by atoms with van der Waals surface area (Å²) in [5.74, 6) is 0.249. The monoisotopic (exact) mass is 242 g/mol. The minimum absolute atomic E-state index is 0.249. The molecule has 1 aromatic carbocycles. The van der Waals surface area contributed by atoms with Gasteiger partial charge in [-0.3, -0.25) is 4.79 Å². The second kappa shape index (κ2) is 4.16. The zero-order valence-electron chi connectivity index (χ0n) is 10.9. The fourth-order valence-electron chi connectivity index (χ4n) is 2.75. The van der Waals surface area contributed by atoms with Crippen LogP contribution in [-0.2, 0) is 4.79 Å². The highest BCUT2D eigenvalue weighted by molar-refractivity contribution is 6.03. The Kier molecular flexibility index (Phi) is 2.62. The Balaban J connectivity index is 2.21. The number of hydrogen-bond donors (Lipinski definition) is 0. The van der Waals surface area contributed by atoms with Crippen molar-refractivity contribution >= 4 is 22.5 Å². The van der Waals surface area contributed by atoms with Gasteiger partial charge in [0.1, 0.15) is 0 Å².